The van der Waals surface area contributed by atoms with Crippen LogP contribution in [0.5, 0.6) is 0 Å². The maximum absolute atomic E-state index is 6.50. The number of anilines is 2. The first-order valence-corrected chi connectivity index (χ1v) is 9.57. The number of nitrogens with one attached hydrogen (secondary N) is 2. The standard InChI is InChI=1S/C20H19ClN4S/c1-25(2)11-13-4-3-5-14(8-13)18-9-15(12-26-18)24-17-10-23-20-16(19(17)21)6-7-22-20/h3-10,12,24H,11H2,1-2H3,(H,22,23). The summed E-state index contributed by atoms with van der Waals surface area (Å²) < 4.78 is 0. The largest absolute Gasteiger partial charge is 0.352 e. The molecule has 0 aliphatic rings. The Labute approximate surface area is 161 Å². The van der Waals surface area contributed by atoms with Gasteiger partial charge in [0.1, 0.15) is 5.65 Å². The van der Waals surface area contributed by atoms with Gasteiger partial charge in [-0.1, -0.05) is 29.8 Å². The van der Waals surface area contributed by atoms with Gasteiger partial charge in [0.05, 0.1) is 16.9 Å². The van der Waals surface area contributed by atoms with Gasteiger partial charge < -0.3 is 15.2 Å². The van der Waals surface area contributed by atoms with E-state index in [4.69, 9.17) is 11.6 Å². The first kappa shape index (κ1) is 17.1. The molecule has 0 saturated carbocycles. The van der Waals surface area contributed by atoms with Crippen LogP contribution in [-0.4, -0.2) is 29.0 Å². The van der Waals surface area contributed by atoms with Gasteiger partial charge in [-0.25, -0.2) is 4.98 Å². The van der Waals surface area contributed by atoms with Crippen molar-refractivity contribution in [3.8, 4) is 10.4 Å². The number of benzene rings is 1. The highest BCUT2D eigenvalue weighted by molar-refractivity contribution is 7.14. The lowest BCUT2D eigenvalue weighted by Crippen LogP contribution is -2.10. The fraction of sp³-hybridized carbons (Fsp3) is 0.150. The number of nitrogens with zero attached hydrogens (tertiary/aromatic N) is 2. The summed E-state index contributed by atoms with van der Waals surface area (Å²) in [5, 5.41) is 7.09. The molecule has 4 nitrogen and oxygen atoms in total. The Hall–Kier alpha value is -2.34. The number of hydrogen-bond donors (Lipinski definition) is 2. The first-order chi connectivity index (χ1) is 12.6. The second-order valence-electron chi connectivity index (χ2n) is 6.49. The lowest BCUT2D eigenvalue weighted by Gasteiger charge is -2.10. The Bertz CT molecular complexity index is 1050. The summed E-state index contributed by atoms with van der Waals surface area (Å²) in [6.45, 7) is 0.933. The number of halogens is 1. The van der Waals surface area contributed by atoms with Crippen LogP contribution >= 0.6 is 22.9 Å². The lowest BCUT2D eigenvalue weighted by molar-refractivity contribution is 0.402. The third-order valence-electron chi connectivity index (χ3n) is 4.11. The second kappa shape index (κ2) is 7.11. The number of aromatic nitrogens is 2. The lowest BCUT2D eigenvalue weighted by atomic mass is 10.1. The molecule has 0 aliphatic carbocycles. The van der Waals surface area contributed by atoms with E-state index in [1.807, 2.05) is 12.3 Å². The molecule has 3 aromatic heterocycles. The van der Waals surface area contributed by atoms with Gasteiger partial charge in [0, 0.05) is 34.1 Å². The molecule has 0 amide bonds. The van der Waals surface area contributed by atoms with Crippen LogP contribution in [0, 0.1) is 0 Å². The quantitative estimate of drug-likeness (QED) is 0.462. The van der Waals surface area contributed by atoms with Gasteiger partial charge in [0.2, 0.25) is 0 Å². The van der Waals surface area contributed by atoms with Crippen LogP contribution in [0.1, 0.15) is 5.56 Å². The molecule has 0 unspecified atom stereocenters. The fourth-order valence-corrected chi connectivity index (χ4v) is 4.05. The summed E-state index contributed by atoms with van der Waals surface area (Å²) in [7, 11) is 4.16. The van der Waals surface area contributed by atoms with E-state index in [-0.39, 0.29) is 0 Å². The average Bonchev–Trinajstić information content (AvgIpc) is 3.27. The average molecular weight is 383 g/mol. The van der Waals surface area contributed by atoms with Crippen molar-refractivity contribution in [1.29, 1.82) is 0 Å². The molecule has 26 heavy (non-hydrogen) atoms. The molecule has 0 bridgehead atoms. The molecule has 0 radical (unpaired) electrons. The van der Waals surface area contributed by atoms with Crippen LogP contribution in [0.2, 0.25) is 5.02 Å². The normalized spacial score (nSPS) is 11.4. The summed E-state index contributed by atoms with van der Waals surface area (Å²) in [6.07, 6.45) is 3.60. The maximum atomic E-state index is 6.50. The van der Waals surface area contributed by atoms with Crippen LogP contribution < -0.4 is 5.32 Å². The fourth-order valence-electron chi connectivity index (χ4n) is 2.96. The van der Waals surface area contributed by atoms with Crippen molar-refractivity contribution in [2.24, 2.45) is 0 Å². The van der Waals surface area contributed by atoms with E-state index in [0.29, 0.717) is 5.02 Å². The number of H-pyrrole nitrogens is 1. The van der Waals surface area contributed by atoms with Gasteiger partial charge in [0.15, 0.2) is 0 Å². The SMILES string of the molecule is CN(C)Cc1cccc(-c2cc(Nc3cnc4[nH]ccc4c3Cl)cs2)c1. The molecule has 0 atom stereocenters. The Kier molecular flexibility index (Phi) is 4.68. The molecule has 2 N–H and O–H groups in total. The Morgan fingerprint density at radius 3 is 2.96 bits per heavy atom. The van der Waals surface area contributed by atoms with E-state index in [2.05, 4.69) is 70.0 Å². The van der Waals surface area contributed by atoms with Gasteiger partial charge >= 0.3 is 0 Å². The topological polar surface area (TPSA) is 44.0 Å². The number of thiophene rings is 1. The van der Waals surface area contributed by atoms with Gasteiger partial charge in [0.25, 0.3) is 0 Å². The minimum absolute atomic E-state index is 0.678. The predicted octanol–water partition coefficient (Wildman–Crippen LogP) is 5.75. The highest BCUT2D eigenvalue weighted by Gasteiger charge is 2.10. The number of hydrogen-bond acceptors (Lipinski definition) is 4. The van der Waals surface area contributed by atoms with Crippen LogP contribution in [0.4, 0.5) is 11.4 Å². The molecule has 0 aliphatic heterocycles. The van der Waals surface area contributed by atoms with Crippen molar-refractivity contribution in [2.75, 3.05) is 19.4 Å². The van der Waals surface area contributed by atoms with Crippen molar-refractivity contribution in [3.63, 3.8) is 0 Å². The first-order valence-electron chi connectivity index (χ1n) is 8.31. The van der Waals surface area contributed by atoms with E-state index in [1.165, 1.54) is 16.0 Å². The smallest absolute Gasteiger partial charge is 0.138 e. The van der Waals surface area contributed by atoms with Crippen molar-refractivity contribution < 1.29 is 0 Å². The van der Waals surface area contributed by atoms with Crippen molar-refractivity contribution in [1.82, 2.24) is 14.9 Å². The van der Waals surface area contributed by atoms with Crippen LogP contribution in [0.3, 0.4) is 0 Å². The zero-order valence-corrected chi connectivity index (χ0v) is 16.2. The molecule has 0 fully saturated rings. The van der Waals surface area contributed by atoms with Gasteiger partial charge in [-0.05, 0) is 43.4 Å². The number of fused-ring (bicyclic) bond motifs is 1. The summed E-state index contributed by atoms with van der Waals surface area (Å²) in [6, 6.07) is 12.8. The summed E-state index contributed by atoms with van der Waals surface area (Å²) >= 11 is 8.22. The zero-order valence-electron chi connectivity index (χ0n) is 14.6. The van der Waals surface area contributed by atoms with E-state index in [1.54, 1.807) is 17.5 Å². The van der Waals surface area contributed by atoms with E-state index >= 15 is 0 Å². The zero-order chi connectivity index (χ0) is 18.1. The monoisotopic (exact) mass is 382 g/mol. The summed E-state index contributed by atoms with van der Waals surface area (Å²) in [5.74, 6) is 0. The van der Waals surface area contributed by atoms with Gasteiger partial charge in [-0.15, -0.1) is 11.3 Å². The van der Waals surface area contributed by atoms with Crippen molar-refractivity contribution in [3.05, 3.63) is 64.8 Å². The number of aromatic amines is 1. The molecule has 1 aromatic carbocycles. The van der Waals surface area contributed by atoms with Gasteiger partial charge in [-0.2, -0.15) is 0 Å². The maximum Gasteiger partial charge on any atom is 0.138 e. The molecule has 4 rings (SSSR count). The Balaban J connectivity index is 1.59. The molecule has 3 heterocycles. The summed E-state index contributed by atoms with van der Waals surface area (Å²) in [4.78, 5) is 10.9. The Morgan fingerprint density at radius 2 is 2.12 bits per heavy atom. The molecule has 6 heteroatoms. The van der Waals surface area contributed by atoms with Crippen molar-refractivity contribution in [2.45, 2.75) is 6.54 Å². The molecule has 0 saturated heterocycles. The number of rotatable bonds is 5. The van der Waals surface area contributed by atoms with Crippen LogP contribution in [0.25, 0.3) is 21.5 Å². The third-order valence-corrected chi connectivity index (χ3v) is 5.50. The van der Waals surface area contributed by atoms with Gasteiger partial charge in [-0.3, -0.25) is 0 Å². The minimum atomic E-state index is 0.678. The summed E-state index contributed by atoms with van der Waals surface area (Å²) in [5.41, 5.74) is 5.16. The van der Waals surface area contributed by atoms with Crippen LogP contribution in [-0.2, 0) is 6.54 Å². The molecular formula is C20H19ClN4S. The number of pyridine rings is 1. The molecule has 0 spiro atoms. The van der Waals surface area contributed by atoms with E-state index in [9.17, 15) is 0 Å². The second-order valence-corrected chi connectivity index (χ2v) is 7.78. The Morgan fingerprint density at radius 1 is 1.23 bits per heavy atom. The molecule has 132 valence electrons. The third kappa shape index (κ3) is 3.46. The predicted molar refractivity (Wildman–Crippen MR) is 112 cm³/mol. The highest BCUT2D eigenvalue weighted by atomic mass is 35.5. The highest BCUT2D eigenvalue weighted by Crippen LogP contribution is 2.35. The molecule has 4 aromatic rings. The molecular weight excluding hydrogens is 364 g/mol. The van der Waals surface area contributed by atoms with Crippen molar-refractivity contribution >= 4 is 45.3 Å². The van der Waals surface area contributed by atoms with E-state index < -0.39 is 0 Å². The minimum Gasteiger partial charge on any atom is -0.352 e. The van der Waals surface area contributed by atoms with E-state index in [0.717, 1.165) is 29.0 Å². The van der Waals surface area contributed by atoms with Crippen LogP contribution in [0.15, 0.2) is 54.2 Å².